The van der Waals surface area contributed by atoms with Gasteiger partial charge < -0.3 is 20.5 Å². The van der Waals surface area contributed by atoms with Gasteiger partial charge in [0.25, 0.3) is 0 Å². The van der Waals surface area contributed by atoms with Gasteiger partial charge in [-0.15, -0.1) is 0 Å². The predicted octanol–water partition coefficient (Wildman–Crippen LogP) is 5.22. The van der Waals surface area contributed by atoms with Crippen molar-refractivity contribution in [1.29, 1.82) is 0 Å². The van der Waals surface area contributed by atoms with Gasteiger partial charge in [-0.1, -0.05) is 50.6 Å². The zero-order chi connectivity index (χ0) is 29.5. The first-order valence-electron chi connectivity index (χ1n) is 13.9. The highest BCUT2D eigenvalue weighted by Crippen LogP contribution is 2.40. The van der Waals surface area contributed by atoms with Crippen LogP contribution in [0, 0.1) is 11.6 Å². The summed E-state index contributed by atoms with van der Waals surface area (Å²) >= 11 is 0. The Bertz CT molecular complexity index is 1190. The summed E-state index contributed by atoms with van der Waals surface area (Å²) in [5, 5.41) is 17.6. The summed E-state index contributed by atoms with van der Waals surface area (Å²) in [6.45, 7) is 10.1. The van der Waals surface area contributed by atoms with Crippen LogP contribution in [0.5, 0.6) is 0 Å². The Morgan fingerprint density at radius 1 is 1.10 bits per heavy atom. The molecule has 0 bridgehead atoms. The summed E-state index contributed by atoms with van der Waals surface area (Å²) in [5.74, 6) is -2.11. The van der Waals surface area contributed by atoms with Crippen LogP contribution in [0.1, 0.15) is 77.0 Å². The summed E-state index contributed by atoms with van der Waals surface area (Å²) in [6.07, 6.45) is 3.36. The molecule has 218 valence electrons. The normalized spacial score (nSPS) is 19.1. The second kappa shape index (κ2) is 13.5. The molecule has 0 radical (unpaired) electrons. The van der Waals surface area contributed by atoms with Gasteiger partial charge in [-0.3, -0.25) is 4.79 Å². The van der Waals surface area contributed by atoms with Crippen molar-refractivity contribution in [2.75, 3.05) is 13.2 Å². The monoisotopic (exact) mass is 556 g/mol. The fraction of sp³-hybridized carbons (Fsp3) is 0.500. The van der Waals surface area contributed by atoms with Gasteiger partial charge in [0, 0.05) is 31.1 Å². The summed E-state index contributed by atoms with van der Waals surface area (Å²) < 4.78 is 32.7. The second-order valence-corrected chi connectivity index (χ2v) is 11.7. The van der Waals surface area contributed by atoms with Crippen molar-refractivity contribution in [3.63, 3.8) is 0 Å². The molecule has 3 rings (SSSR count). The Morgan fingerprint density at radius 3 is 2.33 bits per heavy atom. The summed E-state index contributed by atoms with van der Waals surface area (Å²) in [6, 6.07) is 10.9. The molecule has 8 heteroatoms. The quantitative estimate of drug-likeness (QED) is 0.276. The Hall–Kier alpha value is -3.10. The fourth-order valence-corrected chi connectivity index (χ4v) is 5.31. The van der Waals surface area contributed by atoms with Crippen LogP contribution >= 0.6 is 0 Å². The Kier molecular flexibility index (Phi) is 10.6. The van der Waals surface area contributed by atoms with E-state index in [1.165, 1.54) is 24.6 Å². The van der Waals surface area contributed by atoms with E-state index in [0.717, 1.165) is 17.2 Å². The molecule has 0 aromatic heterocycles. The fourth-order valence-electron chi connectivity index (χ4n) is 5.31. The highest BCUT2D eigenvalue weighted by atomic mass is 19.1. The van der Waals surface area contributed by atoms with Crippen molar-refractivity contribution in [2.45, 2.75) is 89.8 Å². The number of nitrogens with one attached hydrogen (secondary N) is 2. The summed E-state index contributed by atoms with van der Waals surface area (Å²) in [5.41, 5.74) is 3.09. The molecule has 0 aliphatic heterocycles. The molecular weight excluding hydrogens is 514 g/mol. The zero-order valence-electron chi connectivity index (χ0n) is 24.2. The highest BCUT2D eigenvalue weighted by molar-refractivity contribution is 5.82. The van der Waals surface area contributed by atoms with Crippen molar-refractivity contribution in [2.24, 2.45) is 0 Å². The first-order chi connectivity index (χ1) is 18.8. The van der Waals surface area contributed by atoms with Crippen molar-refractivity contribution in [1.82, 2.24) is 10.6 Å². The standard InChI is InChI=1S/C32H42F2N2O4/c1-6-40-30(39)17-22-10-12-32(13-11-22,25-9-7-8-24(18-25)31(3,4)5)35-20-29(38)28(36-21(2)37)16-23-14-26(33)19-27(34)15-23/h7-9,14-15,17-19,28-29,35,38H,6,10-13,16,20H2,1-5H3,(H,36,37)/t28-,29+,32?/m0/s1. The molecule has 1 fully saturated rings. The lowest BCUT2D eigenvalue weighted by Gasteiger charge is -2.41. The number of carbonyl (C=O) groups is 2. The van der Waals surface area contributed by atoms with Gasteiger partial charge in [0.05, 0.1) is 18.8 Å². The molecule has 0 unspecified atom stereocenters. The molecule has 1 amide bonds. The van der Waals surface area contributed by atoms with Crippen molar-refractivity contribution in [3.05, 3.63) is 82.4 Å². The number of hydrogen-bond donors (Lipinski definition) is 3. The van der Waals surface area contributed by atoms with Crippen molar-refractivity contribution in [3.8, 4) is 0 Å². The van der Waals surface area contributed by atoms with Crippen LogP contribution in [-0.2, 0) is 31.7 Å². The average molecular weight is 557 g/mol. The molecule has 0 spiro atoms. The first kappa shape index (κ1) is 31.4. The maximum atomic E-state index is 13.8. The molecular formula is C32H42F2N2O4. The first-order valence-corrected chi connectivity index (χ1v) is 13.9. The maximum absolute atomic E-state index is 13.8. The zero-order valence-corrected chi connectivity index (χ0v) is 24.2. The van der Waals surface area contributed by atoms with Crippen LogP contribution in [0.15, 0.2) is 54.1 Å². The average Bonchev–Trinajstić information content (AvgIpc) is 2.87. The van der Waals surface area contributed by atoms with E-state index in [1.807, 2.05) is 6.07 Å². The van der Waals surface area contributed by atoms with E-state index in [4.69, 9.17) is 4.74 Å². The molecule has 0 heterocycles. The number of carbonyl (C=O) groups excluding carboxylic acids is 2. The lowest BCUT2D eigenvalue weighted by Crippen LogP contribution is -2.53. The molecule has 6 nitrogen and oxygen atoms in total. The third kappa shape index (κ3) is 8.70. The van der Waals surface area contributed by atoms with E-state index in [0.29, 0.717) is 37.9 Å². The van der Waals surface area contributed by atoms with Crippen molar-refractivity contribution >= 4 is 11.9 Å². The van der Waals surface area contributed by atoms with Crippen LogP contribution in [0.4, 0.5) is 8.78 Å². The molecule has 2 aromatic carbocycles. The number of allylic oxidation sites excluding steroid dienone is 1. The number of amides is 1. The predicted molar refractivity (Wildman–Crippen MR) is 152 cm³/mol. The lowest BCUT2D eigenvalue weighted by molar-refractivity contribution is -0.137. The van der Waals surface area contributed by atoms with Crippen LogP contribution in [0.25, 0.3) is 0 Å². The third-order valence-corrected chi connectivity index (χ3v) is 7.52. The number of rotatable bonds is 10. The van der Waals surface area contributed by atoms with E-state index in [1.54, 1.807) is 13.0 Å². The summed E-state index contributed by atoms with van der Waals surface area (Å²) in [7, 11) is 0. The maximum Gasteiger partial charge on any atom is 0.330 e. The number of ether oxygens (including phenoxy) is 1. The van der Waals surface area contributed by atoms with Crippen LogP contribution in [0.3, 0.4) is 0 Å². The number of benzene rings is 2. The van der Waals surface area contributed by atoms with E-state index in [2.05, 4.69) is 49.6 Å². The van der Waals surface area contributed by atoms with Gasteiger partial charge >= 0.3 is 5.97 Å². The van der Waals surface area contributed by atoms with Gasteiger partial charge in [0.2, 0.25) is 5.91 Å². The minimum absolute atomic E-state index is 0.0584. The van der Waals surface area contributed by atoms with Gasteiger partial charge in [-0.2, -0.15) is 0 Å². The molecule has 1 aliphatic carbocycles. The van der Waals surface area contributed by atoms with Crippen molar-refractivity contribution < 1.29 is 28.2 Å². The largest absolute Gasteiger partial charge is 0.463 e. The third-order valence-electron chi connectivity index (χ3n) is 7.52. The minimum atomic E-state index is -1.03. The van der Waals surface area contributed by atoms with E-state index < -0.39 is 29.3 Å². The molecule has 1 saturated carbocycles. The number of esters is 1. The Morgan fingerprint density at radius 2 is 1.75 bits per heavy atom. The number of hydrogen-bond acceptors (Lipinski definition) is 5. The van der Waals surface area contributed by atoms with Crippen LogP contribution in [-0.4, -0.2) is 42.3 Å². The lowest BCUT2D eigenvalue weighted by atomic mass is 9.73. The van der Waals surface area contributed by atoms with Crippen LogP contribution in [0.2, 0.25) is 0 Å². The van der Waals surface area contributed by atoms with E-state index in [9.17, 15) is 23.5 Å². The van der Waals surface area contributed by atoms with E-state index >= 15 is 0 Å². The molecule has 3 N–H and O–H groups in total. The molecule has 1 aliphatic rings. The molecule has 2 aromatic rings. The minimum Gasteiger partial charge on any atom is -0.463 e. The number of aliphatic hydroxyl groups is 1. The topological polar surface area (TPSA) is 87.7 Å². The molecule has 40 heavy (non-hydrogen) atoms. The smallest absolute Gasteiger partial charge is 0.330 e. The van der Waals surface area contributed by atoms with E-state index in [-0.39, 0.29) is 30.3 Å². The van der Waals surface area contributed by atoms with Crippen LogP contribution < -0.4 is 10.6 Å². The van der Waals surface area contributed by atoms with Gasteiger partial charge in [0.15, 0.2) is 0 Å². The highest BCUT2D eigenvalue weighted by Gasteiger charge is 2.37. The van der Waals surface area contributed by atoms with Gasteiger partial charge in [-0.25, -0.2) is 13.6 Å². The van der Waals surface area contributed by atoms with Gasteiger partial charge in [-0.05, 0) is 73.3 Å². The van der Waals surface area contributed by atoms with Gasteiger partial charge in [0.1, 0.15) is 11.6 Å². The molecule has 0 saturated heterocycles. The Labute approximate surface area is 236 Å². The number of halogens is 2. The Balaban J connectivity index is 1.86. The second-order valence-electron chi connectivity index (χ2n) is 11.7. The molecule has 2 atom stereocenters. The summed E-state index contributed by atoms with van der Waals surface area (Å²) in [4.78, 5) is 24.0. The number of aliphatic hydroxyl groups excluding tert-OH is 1. The SMILES string of the molecule is CCOC(=O)C=C1CCC(NC[C@@H](O)[C@H](Cc2cc(F)cc(F)c2)NC(C)=O)(c2cccc(C(C)(C)C)c2)CC1.